The first-order chi connectivity index (χ1) is 43.2. The lowest BCUT2D eigenvalue weighted by Gasteiger charge is -2.25. The van der Waals surface area contributed by atoms with Crippen molar-refractivity contribution in [2.45, 2.75) is 129 Å². The Labute approximate surface area is 526 Å². The van der Waals surface area contributed by atoms with Gasteiger partial charge in [0.1, 0.15) is 46.0 Å². The second-order valence-corrected chi connectivity index (χ2v) is 24.7. The number of methoxy groups -OCH3 is 3. The van der Waals surface area contributed by atoms with Crippen LogP contribution >= 0.6 is 0 Å². The fourth-order valence-electron chi connectivity index (χ4n) is 10.5. The first kappa shape index (κ1) is 65.1. The Morgan fingerprint density at radius 3 is 1.33 bits per heavy atom. The van der Waals surface area contributed by atoms with Gasteiger partial charge in [0.05, 0.1) is 27.0 Å². The Balaban J connectivity index is 1.18. The summed E-state index contributed by atoms with van der Waals surface area (Å²) in [5.74, 6) is -2.35. The maximum Gasteiger partial charge on any atom is 0.408 e. The van der Waals surface area contributed by atoms with E-state index in [1.807, 2.05) is 71.3 Å². The summed E-state index contributed by atoms with van der Waals surface area (Å²) in [6.07, 6.45) is -2.06. The number of ether oxygens (including phenoxy) is 9. The van der Waals surface area contributed by atoms with Crippen molar-refractivity contribution in [3.63, 3.8) is 0 Å². The number of benzene rings is 6. The predicted octanol–water partition coefficient (Wildman–Crippen LogP) is 11.8. The normalized spacial score (nSPS) is 13.1. The molecule has 0 unspecified atom stereocenters. The van der Waals surface area contributed by atoms with Gasteiger partial charge in [0.15, 0.2) is 34.5 Å². The topological polar surface area (TPSA) is 257 Å². The number of aromatic nitrogens is 1. The number of rotatable bonds is 19. The molecule has 1 aliphatic heterocycles. The summed E-state index contributed by atoms with van der Waals surface area (Å²) in [7, 11) is 4.18. The Kier molecular flexibility index (Phi) is 19.5. The Morgan fingerprint density at radius 2 is 0.901 bits per heavy atom. The van der Waals surface area contributed by atoms with E-state index >= 15 is 0 Å². The van der Waals surface area contributed by atoms with Crippen LogP contribution in [0.25, 0.3) is 44.3 Å². The molecule has 21 nitrogen and oxygen atoms in total. The Bertz CT molecular complexity index is 4080. The number of hydrogen-bond acceptors (Lipinski definition) is 17. The van der Waals surface area contributed by atoms with Gasteiger partial charge in [-0.05, 0) is 127 Å². The van der Waals surface area contributed by atoms with Crippen molar-refractivity contribution in [2.75, 3.05) is 21.3 Å². The number of nitrogens with zero attached hydrogens (tertiary/aromatic N) is 1. The number of aryl methyl sites for hydroxylation is 2. The fourth-order valence-corrected chi connectivity index (χ4v) is 10.5. The lowest BCUT2D eigenvalue weighted by atomic mass is 9.91. The van der Waals surface area contributed by atoms with Gasteiger partial charge >= 0.3 is 41.8 Å². The van der Waals surface area contributed by atoms with Crippen LogP contribution in [0.2, 0.25) is 0 Å². The molecule has 8 aromatic rings. The molecule has 476 valence electrons. The van der Waals surface area contributed by atoms with E-state index in [4.69, 9.17) is 47.0 Å². The Morgan fingerprint density at radius 1 is 0.495 bits per heavy atom. The van der Waals surface area contributed by atoms with Gasteiger partial charge in [0.2, 0.25) is 0 Å². The van der Waals surface area contributed by atoms with Crippen LogP contribution in [0.15, 0.2) is 143 Å². The number of nitrogens with one attached hydrogen (secondary N) is 3. The third kappa shape index (κ3) is 16.1. The molecular formula is C70H74N4O17. The van der Waals surface area contributed by atoms with Crippen molar-refractivity contribution in [2.24, 2.45) is 0 Å². The first-order valence-corrected chi connectivity index (χ1v) is 29.5. The van der Waals surface area contributed by atoms with Crippen molar-refractivity contribution in [3.8, 4) is 56.9 Å². The summed E-state index contributed by atoms with van der Waals surface area (Å²) < 4.78 is 60.7. The third-order valence-electron chi connectivity index (χ3n) is 14.3. The lowest BCUT2D eigenvalue weighted by molar-refractivity contribution is -0.137. The number of esters is 3. The molecule has 9 rings (SSSR count). The van der Waals surface area contributed by atoms with Crippen LogP contribution in [0, 0.1) is 0 Å². The van der Waals surface area contributed by atoms with Crippen molar-refractivity contribution in [1.82, 2.24) is 20.5 Å². The van der Waals surface area contributed by atoms with Gasteiger partial charge in [0, 0.05) is 53.8 Å². The smallest absolute Gasteiger partial charge is 0.408 e. The van der Waals surface area contributed by atoms with E-state index < -0.39 is 76.7 Å². The van der Waals surface area contributed by atoms with Gasteiger partial charge in [-0.3, -0.25) is 0 Å². The number of carbonyl (C=O) groups excluding carboxylic acids is 6. The quantitative estimate of drug-likeness (QED) is 0.0294. The molecule has 0 fully saturated rings. The molecule has 21 heteroatoms. The molecule has 3 amide bonds. The summed E-state index contributed by atoms with van der Waals surface area (Å²) in [6.45, 7) is 15.5. The first-order valence-electron chi connectivity index (χ1n) is 29.5. The monoisotopic (exact) mass is 1240 g/mol. The molecule has 3 N–H and O–H groups in total. The zero-order chi connectivity index (χ0) is 65.5. The molecule has 6 aromatic carbocycles. The standard InChI is InChI=1S/C70H74N4O17/c1-68(2,3)89-65(79)71-47(32-40-22-16-13-17-23-40)61(75)85-50-29-28-44(36-52(50)82-10)57-58-46-38-54(84-12)56(88-63(77)49(34-42-26-20-15-21-27-42)73-67(81)91-70(7,8)9)39-51(46)86-64(78)60(58)74-31-30-43-35-55(53(83-11)37-45(43)59(57)74)87-62(76)48(33-41-24-18-14-19-25-41)72-66(80)90-69(4,5)6/h13-29,35-39,47-49H,30-34H2,1-12H3,(H,71,79)(H,72,80)(H,73,81)/t47-,48-,49-/m0/s1. The number of fused-ring (bicyclic) bond motifs is 7. The number of carbonyl (C=O) groups is 6. The van der Waals surface area contributed by atoms with Crippen LogP contribution < -0.4 is 50.0 Å². The van der Waals surface area contributed by atoms with E-state index in [2.05, 4.69) is 16.0 Å². The van der Waals surface area contributed by atoms with Gasteiger partial charge in [-0.2, -0.15) is 0 Å². The second kappa shape index (κ2) is 27.2. The van der Waals surface area contributed by atoms with Crippen LogP contribution in [0.3, 0.4) is 0 Å². The molecule has 0 saturated heterocycles. The number of alkyl carbamates (subject to hydrolysis) is 3. The van der Waals surface area contributed by atoms with Gasteiger partial charge in [-0.15, -0.1) is 0 Å². The minimum absolute atomic E-state index is 0.0119. The summed E-state index contributed by atoms with van der Waals surface area (Å²) in [5, 5.41) is 8.70. The summed E-state index contributed by atoms with van der Waals surface area (Å²) in [4.78, 5) is 97.5. The third-order valence-corrected chi connectivity index (χ3v) is 14.3. The maximum atomic E-state index is 14.9. The lowest BCUT2D eigenvalue weighted by Crippen LogP contribution is -2.46. The van der Waals surface area contributed by atoms with Gasteiger partial charge in [-0.25, -0.2) is 33.6 Å². The average molecular weight is 1240 g/mol. The molecule has 91 heavy (non-hydrogen) atoms. The molecule has 0 aliphatic carbocycles. The number of hydrogen-bond donors (Lipinski definition) is 3. The van der Waals surface area contributed by atoms with Gasteiger partial charge in [-0.1, -0.05) is 97.1 Å². The molecule has 3 atom stereocenters. The van der Waals surface area contributed by atoms with E-state index in [1.165, 1.54) is 33.5 Å². The molecule has 0 radical (unpaired) electrons. The molecular weight excluding hydrogens is 1170 g/mol. The average Bonchev–Trinajstić information content (AvgIpc) is 1.56. The minimum atomic E-state index is -1.25. The highest BCUT2D eigenvalue weighted by Gasteiger charge is 2.35. The number of amides is 3. The largest absolute Gasteiger partial charge is 0.493 e. The fraction of sp³-hybridized carbons (Fsp3) is 0.329. The molecule has 2 aromatic heterocycles. The molecule has 3 heterocycles. The highest BCUT2D eigenvalue weighted by atomic mass is 16.6. The molecule has 0 spiro atoms. The summed E-state index contributed by atoms with van der Waals surface area (Å²) in [5.41, 5.74) is 1.53. The van der Waals surface area contributed by atoms with Crippen LogP contribution in [0.5, 0.6) is 34.5 Å². The van der Waals surface area contributed by atoms with E-state index in [0.29, 0.717) is 50.7 Å². The van der Waals surface area contributed by atoms with Crippen molar-refractivity contribution in [1.29, 1.82) is 0 Å². The second-order valence-electron chi connectivity index (χ2n) is 24.7. The molecule has 0 bridgehead atoms. The van der Waals surface area contributed by atoms with E-state index in [-0.39, 0.29) is 71.4 Å². The zero-order valence-electron chi connectivity index (χ0n) is 52.9. The van der Waals surface area contributed by atoms with E-state index in [1.54, 1.807) is 117 Å². The van der Waals surface area contributed by atoms with Crippen molar-refractivity contribution >= 4 is 58.1 Å². The van der Waals surface area contributed by atoms with E-state index in [9.17, 15) is 33.6 Å². The van der Waals surface area contributed by atoms with Crippen molar-refractivity contribution < 1.29 is 75.8 Å². The van der Waals surface area contributed by atoms with Gasteiger partial charge < -0.3 is 67.6 Å². The van der Waals surface area contributed by atoms with Gasteiger partial charge in [0.25, 0.3) is 0 Å². The highest BCUT2D eigenvalue weighted by molar-refractivity contribution is 6.17. The van der Waals surface area contributed by atoms with Crippen LogP contribution in [-0.4, -0.2) is 97.0 Å². The van der Waals surface area contributed by atoms with Crippen LogP contribution in [0.1, 0.15) is 84.6 Å². The molecule has 1 aliphatic rings. The summed E-state index contributed by atoms with van der Waals surface area (Å²) >= 11 is 0. The minimum Gasteiger partial charge on any atom is -0.493 e. The van der Waals surface area contributed by atoms with Crippen LogP contribution in [-0.2, 0) is 60.8 Å². The summed E-state index contributed by atoms with van der Waals surface area (Å²) in [6, 6.07) is 34.7. The molecule has 0 saturated carbocycles. The van der Waals surface area contributed by atoms with E-state index in [0.717, 1.165) is 11.1 Å². The maximum absolute atomic E-state index is 14.9. The highest BCUT2D eigenvalue weighted by Crippen LogP contribution is 2.50. The SMILES string of the molecule is COc1cc(-c2c3n(c4c(=O)oc5cc(OC(=O)[C@H](Cc6ccccc6)NC(=O)OC(C)(C)C)c(OC)cc5c24)CCc2cc(OC(=O)[C@H](Cc4ccccc4)NC(=O)OC(C)(C)C)c(OC)cc2-3)ccc1OC(=O)[C@H](Cc1ccccc1)NC(=O)OC(C)(C)C. The van der Waals surface area contributed by atoms with Crippen LogP contribution in [0.4, 0.5) is 14.4 Å². The van der Waals surface area contributed by atoms with Crippen molar-refractivity contribution in [3.05, 3.63) is 166 Å². The zero-order valence-corrected chi connectivity index (χ0v) is 52.9. The Hall–Kier alpha value is -10.3. The predicted molar refractivity (Wildman–Crippen MR) is 339 cm³/mol.